The lowest BCUT2D eigenvalue weighted by Crippen LogP contribution is -2.18. The number of aliphatic hydroxyl groups is 1. The number of likely N-dealkylation sites (tertiary alicyclic amines) is 1. The zero-order valence-corrected chi connectivity index (χ0v) is 20.1. The Balaban J connectivity index is 0.000000438. The Morgan fingerprint density at radius 2 is 1.86 bits per heavy atom. The minimum atomic E-state index is -0.361. The molecule has 1 saturated heterocycles. The van der Waals surface area contributed by atoms with Crippen molar-refractivity contribution in [3.63, 3.8) is 0 Å². The van der Waals surface area contributed by atoms with Crippen LogP contribution in [0, 0.1) is 0 Å². The lowest BCUT2D eigenvalue weighted by molar-refractivity contribution is -0.110. The van der Waals surface area contributed by atoms with Gasteiger partial charge in [0.2, 0.25) is 5.88 Å². The van der Waals surface area contributed by atoms with E-state index in [4.69, 9.17) is 14.6 Å². The number of carbonyl (C=O) groups excluding carboxylic acids is 1. The molecule has 1 aliphatic heterocycles. The molecule has 4 aromatic rings. The van der Waals surface area contributed by atoms with Crippen molar-refractivity contribution in [2.75, 3.05) is 33.8 Å². The van der Waals surface area contributed by atoms with Gasteiger partial charge in [0.15, 0.2) is 0 Å². The van der Waals surface area contributed by atoms with Crippen LogP contribution in [0.25, 0.3) is 22.2 Å². The van der Waals surface area contributed by atoms with Gasteiger partial charge < -0.3 is 20.0 Å². The van der Waals surface area contributed by atoms with Crippen LogP contribution < -0.4 is 10.1 Å². The fourth-order valence-electron chi connectivity index (χ4n) is 3.63. The standard InChI is InChI=1S/C22H21N5O.C2H7N.C2H4O2/c1-2-10-27(9-1)15-16-11-17-3-5-19(12-21(17)23-13-16)28-22-6-4-18(14-24-22)20-7-8-25-26-20;1-3-2;3-1-2-4/h3-8,11-14H,1-2,9-10,15H2,(H,25,26);3H,1-2H3;1,4H,2H2. The molecule has 3 aromatic heterocycles. The first-order chi connectivity index (χ1) is 17.2. The number of nitrogens with one attached hydrogen (secondary N) is 2. The van der Waals surface area contributed by atoms with Crippen LogP contribution in [-0.4, -0.2) is 70.2 Å². The van der Waals surface area contributed by atoms with Crippen LogP contribution in [0.15, 0.2) is 61.1 Å². The molecule has 0 atom stereocenters. The maximum atomic E-state index is 8.92. The fraction of sp³-hybridized carbons (Fsp3) is 0.308. The zero-order chi connectivity index (χ0) is 24.9. The molecule has 5 rings (SSSR count). The summed E-state index contributed by atoms with van der Waals surface area (Å²) in [5.41, 5.74) is 4.09. The van der Waals surface area contributed by atoms with Crippen molar-refractivity contribution in [3.05, 3.63) is 66.6 Å². The van der Waals surface area contributed by atoms with Gasteiger partial charge in [-0.05, 0) is 75.9 Å². The predicted molar refractivity (Wildman–Crippen MR) is 136 cm³/mol. The van der Waals surface area contributed by atoms with E-state index < -0.39 is 0 Å². The average molecular weight is 477 g/mol. The summed E-state index contributed by atoms with van der Waals surface area (Å²) >= 11 is 0. The smallest absolute Gasteiger partial charge is 0.219 e. The molecule has 3 N–H and O–H groups in total. The number of aliphatic hydroxyl groups excluding tert-OH is 1. The van der Waals surface area contributed by atoms with Gasteiger partial charge in [0.1, 0.15) is 12.0 Å². The summed E-state index contributed by atoms with van der Waals surface area (Å²) < 4.78 is 5.91. The molecule has 0 amide bonds. The molecule has 0 radical (unpaired) electrons. The highest BCUT2D eigenvalue weighted by atomic mass is 16.5. The monoisotopic (exact) mass is 476 g/mol. The molecule has 1 aliphatic rings. The van der Waals surface area contributed by atoms with Gasteiger partial charge in [-0.15, -0.1) is 0 Å². The third-order valence-corrected chi connectivity index (χ3v) is 5.16. The van der Waals surface area contributed by atoms with Gasteiger partial charge in [0.05, 0.1) is 17.8 Å². The molecule has 0 saturated carbocycles. The number of fused-ring (bicyclic) bond motifs is 1. The van der Waals surface area contributed by atoms with E-state index in [1.165, 1.54) is 31.5 Å². The molecule has 184 valence electrons. The van der Waals surface area contributed by atoms with Crippen LogP contribution in [0.4, 0.5) is 0 Å². The van der Waals surface area contributed by atoms with Crippen LogP contribution in [0.2, 0.25) is 0 Å². The number of rotatable bonds is 6. The van der Waals surface area contributed by atoms with Crippen LogP contribution in [0.3, 0.4) is 0 Å². The Morgan fingerprint density at radius 1 is 1.09 bits per heavy atom. The van der Waals surface area contributed by atoms with Crippen molar-refractivity contribution in [1.82, 2.24) is 30.4 Å². The number of hydrogen-bond acceptors (Lipinski definition) is 8. The summed E-state index contributed by atoms with van der Waals surface area (Å²) in [5.74, 6) is 1.28. The average Bonchev–Trinajstić information content (AvgIpc) is 3.60. The molecule has 9 nitrogen and oxygen atoms in total. The summed E-state index contributed by atoms with van der Waals surface area (Å²) in [6, 6.07) is 13.9. The van der Waals surface area contributed by atoms with Crippen molar-refractivity contribution in [2.24, 2.45) is 0 Å². The first kappa shape index (κ1) is 26.0. The number of benzene rings is 1. The number of ether oxygens (including phenoxy) is 1. The maximum Gasteiger partial charge on any atom is 0.219 e. The van der Waals surface area contributed by atoms with E-state index in [-0.39, 0.29) is 6.61 Å². The highest BCUT2D eigenvalue weighted by molar-refractivity contribution is 5.80. The summed E-state index contributed by atoms with van der Waals surface area (Å²) in [4.78, 5) is 20.4. The first-order valence-electron chi connectivity index (χ1n) is 11.5. The minimum absolute atomic E-state index is 0.361. The quantitative estimate of drug-likeness (QED) is 0.363. The molecule has 35 heavy (non-hydrogen) atoms. The van der Waals surface area contributed by atoms with Crippen molar-refractivity contribution >= 4 is 17.2 Å². The van der Waals surface area contributed by atoms with Gasteiger partial charge in [0.25, 0.3) is 0 Å². The normalized spacial score (nSPS) is 12.9. The fourth-order valence-corrected chi connectivity index (χ4v) is 3.63. The molecule has 1 aromatic carbocycles. The van der Waals surface area contributed by atoms with Gasteiger partial charge >= 0.3 is 0 Å². The number of pyridine rings is 2. The Morgan fingerprint density at radius 3 is 2.49 bits per heavy atom. The Labute approximate surface area is 205 Å². The lowest BCUT2D eigenvalue weighted by Gasteiger charge is -2.14. The van der Waals surface area contributed by atoms with Crippen LogP contribution in [0.1, 0.15) is 18.4 Å². The largest absolute Gasteiger partial charge is 0.439 e. The van der Waals surface area contributed by atoms with Gasteiger partial charge in [-0.3, -0.25) is 15.0 Å². The molecule has 0 aliphatic carbocycles. The van der Waals surface area contributed by atoms with E-state index >= 15 is 0 Å². The second-order valence-electron chi connectivity index (χ2n) is 7.99. The number of carbonyl (C=O) groups is 1. The summed E-state index contributed by atoms with van der Waals surface area (Å²) in [6.45, 7) is 3.00. The number of aromatic nitrogens is 4. The minimum Gasteiger partial charge on any atom is -0.439 e. The topological polar surface area (TPSA) is 116 Å². The molecule has 0 spiro atoms. The molecule has 0 unspecified atom stereocenters. The summed E-state index contributed by atoms with van der Waals surface area (Å²) in [7, 11) is 3.75. The number of nitrogens with zero attached hydrogens (tertiary/aromatic N) is 4. The number of hydrogen-bond donors (Lipinski definition) is 3. The zero-order valence-electron chi connectivity index (χ0n) is 20.1. The van der Waals surface area contributed by atoms with Crippen LogP contribution in [0.5, 0.6) is 11.6 Å². The highest BCUT2D eigenvalue weighted by Gasteiger charge is 2.12. The number of H-pyrrole nitrogens is 1. The molecular weight excluding hydrogens is 444 g/mol. The van der Waals surface area contributed by atoms with E-state index in [9.17, 15) is 0 Å². The molecular formula is C26H32N6O3. The number of aldehydes is 1. The molecule has 4 heterocycles. The van der Waals surface area contributed by atoms with Crippen molar-refractivity contribution in [2.45, 2.75) is 19.4 Å². The van der Waals surface area contributed by atoms with Gasteiger partial charge in [-0.2, -0.15) is 5.10 Å². The molecule has 9 heteroatoms. The van der Waals surface area contributed by atoms with Crippen LogP contribution >= 0.6 is 0 Å². The third-order valence-electron chi connectivity index (χ3n) is 5.16. The van der Waals surface area contributed by atoms with Crippen LogP contribution in [-0.2, 0) is 11.3 Å². The lowest BCUT2D eigenvalue weighted by atomic mass is 10.1. The summed E-state index contributed by atoms with van der Waals surface area (Å²) in [5, 5.41) is 18.3. The van der Waals surface area contributed by atoms with E-state index in [1.807, 2.05) is 50.6 Å². The Hall–Kier alpha value is -3.66. The SMILES string of the molecule is CNC.O=CCO.c1cc(-c2ccc(Oc3ccc4cc(CN5CCCC5)cnc4c3)nc2)[nH]n1. The third kappa shape index (κ3) is 7.96. The maximum absolute atomic E-state index is 8.92. The van der Waals surface area contributed by atoms with Crippen molar-refractivity contribution in [1.29, 1.82) is 0 Å². The van der Waals surface area contributed by atoms with Gasteiger partial charge in [0, 0.05) is 48.2 Å². The predicted octanol–water partition coefficient (Wildman–Crippen LogP) is 3.42. The Kier molecular flexibility index (Phi) is 10.3. The highest BCUT2D eigenvalue weighted by Crippen LogP contribution is 2.26. The number of aromatic amines is 1. The van der Waals surface area contributed by atoms with Gasteiger partial charge in [-0.1, -0.05) is 0 Å². The molecule has 0 bridgehead atoms. The first-order valence-corrected chi connectivity index (χ1v) is 11.5. The second-order valence-corrected chi connectivity index (χ2v) is 7.99. The second kappa shape index (κ2) is 13.9. The Bertz CT molecular complexity index is 1160. The van der Waals surface area contributed by atoms with Gasteiger partial charge in [-0.25, -0.2) is 4.98 Å². The van der Waals surface area contributed by atoms with E-state index in [0.29, 0.717) is 12.2 Å². The van der Waals surface area contributed by atoms with Crippen molar-refractivity contribution in [3.8, 4) is 22.9 Å². The summed E-state index contributed by atoms with van der Waals surface area (Å²) in [6.07, 6.45) is 8.50. The van der Waals surface area contributed by atoms with E-state index in [2.05, 4.69) is 42.5 Å². The van der Waals surface area contributed by atoms with E-state index in [0.717, 1.165) is 34.5 Å². The van der Waals surface area contributed by atoms with Crippen molar-refractivity contribution < 1.29 is 14.6 Å². The molecule has 1 fully saturated rings. The van der Waals surface area contributed by atoms with E-state index in [1.54, 1.807) is 12.4 Å².